The zero-order chi connectivity index (χ0) is 20.3. The third-order valence-corrected chi connectivity index (χ3v) is 3.95. The summed E-state index contributed by atoms with van der Waals surface area (Å²) in [5, 5.41) is 5.22. The molecular weight excluding hydrogens is 373 g/mol. The largest absolute Gasteiger partial charge is 0.449 e. The average Bonchev–Trinajstić information content (AvgIpc) is 2.99. The second kappa shape index (κ2) is 7.71. The summed E-state index contributed by atoms with van der Waals surface area (Å²) in [5.41, 5.74) is 1.67. The maximum absolute atomic E-state index is 13.3. The molecule has 0 aliphatic heterocycles. The fourth-order valence-corrected chi connectivity index (χ4v) is 2.81. The van der Waals surface area contributed by atoms with Crippen molar-refractivity contribution in [3.63, 3.8) is 0 Å². The highest BCUT2D eigenvalue weighted by molar-refractivity contribution is 5.88. The quantitative estimate of drug-likeness (QED) is 0.702. The topological polar surface area (TPSA) is 76.0 Å². The van der Waals surface area contributed by atoms with Crippen LogP contribution in [0.4, 0.5) is 18.9 Å². The second-order valence-corrected chi connectivity index (χ2v) is 6.17. The first-order valence-electron chi connectivity index (χ1n) is 8.40. The molecule has 2 N–H and O–H groups in total. The zero-order valence-electron chi connectivity index (χ0n) is 14.9. The number of halogens is 3. The summed E-state index contributed by atoms with van der Waals surface area (Å²) in [6.45, 7) is 0.975. The molecule has 9 heteroatoms. The maximum atomic E-state index is 13.3. The Balaban J connectivity index is 1.74. The van der Waals surface area contributed by atoms with Crippen LogP contribution in [0.15, 0.2) is 48.5 Å². The Hall–Kier alpha value is -3.36. The number of nitrogens with one attached hydrogen (secondary N) is 2. The lowest BCUT2D eigenvalue weighted by molar-refractivity contribution is -0.147. The van der Waals surface area contributed by atoms with Crippen LogP contribution in [0.2, 0.25) is 0 Å². The summed E-state index contributed by atoms with van der Waals surface area (Å²) < 4.78 is 40.7. The van der Waals surface area contributed by atoms with Crippen molar-refractivity contribution in [3.05, 3.63) is 59.9 Å². The summed E-state index contributed by atoms with van der Waals surface area (Å²) in [6.07, 6.45) is -4.67. The molecular formula is C19H17F3N4O2. The highest BCUT2D eigenvalue weighted by atomic mass is 19.4. The lowest BCUT2D eigenvalue weighted by Gasteiger charge is -2.12. The first kappa shape index (κ1) is 19.4. The first-order valence-corrected chi connectivity index (χ1v) is 8.40. The average molecular weight is 390 g/mol. The Kier molecular flexibility index (Phi) is 5.34. The van der Waals surface area contributed by atoms with E-state index >= 15 is 0 Å². The van der Waals surface area contributed by atoms with E-state index in [4.69, 9.17) is 0 Å². The minimum Gasteiger partial charge on any atom is -0.350 e. The van der Waals surface area contributed by atoms with Crippen LogP contribution in [0, 0.1) is 0 Å². The van der Waals surface area contributed by atoms with Crippen molar-refractivity contribution >= 4 is 28.5 Å². The van der Waals surface area contributed by atoms with E-state index in [2.05, 4.69) is 15.6 Å². The number of fused-ring (bicyclic) bond motifs is 1. The molecule has 0 saturated heterocycles. The number of hydrogen-bond acceptors (Lipinski definition) is 3. The van der Waals surface area contributed by atoms with Crippen LogP contribution in [0.1, 0.15) is 18.3 Å². The molecule has 6 nitrogen and oxygen atoms in total. The van der Waals surface area contributed by atoms with Crippen LogP contribution >= 0.6 is 0 Å². The van der Waals surface area contributed by atoms with Gasteiger partial charge in [0.2, 0.25) is 17.6 Å². The predicted octanol–water partition coefficient (Wildman–Crippen LogP) is 3.33. The third kappa shape index (κ3) is 4.48. The number of alkyl halides is 3. The van der Waals surface area contributed by atoms with E-state index in [0.717, 1.165) is 4.57 Å². The number of benzene rings is 2. The number of carbonyl (C=O) groups excluding carboxylic acids is 2. The summed E-state index contributed by atoms with van der Waals surface area (Å²) in [7, 11) is 0. The van der Waals surface area contributed by atoms with E-state index in [1.807, 2.05) is 0 Å². The van der Waals surface area contributed by atoms with Crippen LogP contribution < -0.4 is 10.6 Å². The van der Waals surface area contributed by atoms with Gasteiger partial charge in [0.15, 0.2) is 0 Å². The van der Waals surface area contributed by atoms with Crippen LogP contribution in [-0.2, 0) is 28.9 Å². The van der Waals surface area contributed by atoms with E-state index in [1.165, 1.54) is 19.1 Å². The van der Waals surface area contributed by atoms with Crippen molar-refractivity contribution in [3.8, 4) is 0 Å². The molecule has 3 aromatic rings. The standard InChI is InChI=1S/C19H17F3N4O2/c1-12(27)24-14-6-4-5-13(9-14)10-23-17(28)11-26-16-8-3-2-7-15(16)25-18(26)19(20,21)22/h2-9H,10-11H2,1H3,(H,23,28)(H,24,27). The molecule has 2 amide bonds. The number of anilines is 1. The molecule has 0 atom stereocenters. The molecule has 0 spiro atoms. The van der Waals surface area contributed by atoms with Gasteiger partial charge in [0.1, 0.15) is 6.54 Å². The number of nitrogens with zero attached hydrogens (tertiary/aromatic N) is 2. The molecule has 28 heavy (non-hydrogen) atoms. The lowest BCUT2D eigenvalue weighted by atomic mass is 10.2. The normalized spacial score (nSPS) is 11.4. The molecule has 146 valence electrons. The SMILES string of the molecule is CC(=O)Nc1cccc(CNC(=O)Cn2c(C(F)(F)F)nc3ccccc32)c1. The molecule has 3 rings (SSSR count). The maximum Gasteiger partial charge on any atom is 0.449 e. The molecule has 0 aliphatic carbocycles. The third-order valence-electron chi connectivity index (χ3n) is 3.95. The van der Waals surface area contributed by atoms with Crippen molar-refractivity contribution in [2.24, 2.45) is 0 Å². The molecule has 0 fully saturated rings. The van der Waals surface area contributed by atoms with Crippen LogP contribution in [0.5, 0.6) is 0 Å². The minimum absolute atomic E-state index is 0.111. The number of para-hydroxylation sites is 2. The van der Waals surface area contributed by atoms with E-state index in [9.17, 15) is 22.8 Å². The van der Waals surface area contributed by atoms with Gasteiger partial charge in [-0.1, -0.05) is 24.3 Å². The minimum atomic E-state index is -4.67. The highest BCUT2D eigenvalue weighted by Crippen LogP contribution is 2.31. The fourth-order valence-electron chi connectivity index (χ4n) is 2.81. The number of amides is 2. The molecule has 1 aromatic heterocycles. The molecule has 2 aromatic carbocycles. The number of rotatable bonds is 5. The van der Waals surface area contributed by atoms with Crippen molar-refractivity contribution < 1.29 is 22.8 Å². The van der Waals surface area contributed by atoms with Gasteiger partial charge in [-0.15, -0.1) is 0 Å². The summed E-state index contributed by atoms with van der Waals surface area (Å²) in [6, 6.07) is 12.9. The van der Waals surface area contributed by atoms with E-state index in [0.29, 0.717) is 11.3 Å². The summed E-state index contributed by atoms with van der Waals surface area (Å²) >= 11 is 0. The highest BCUT2D eigenvalue weighted by Gasteiger charge is 2.37. The van der Waals surface area contributed by atoms with Gasteiger partial charge in [-0.25, -0.2) is 4.98 Å². The molecule has 0 aliphatic rings. The molecule has 1 heterocycles. The van der Waals surface area contributed by atoms with Gasteiger partial charge >= 0.3 is 6.18 Å². The molecule has 0 radical (unpaired) electrons. The van der Waals surface area contributed by atoms with E-state index in [1.54, 1.807) is 36.4 Å². The molecule has 0 bridgehead atoms. The van der Waals surface area contributed by atoms with Crippen molar-refractivity contribution in [2.75, 3.05) is 5.32 Å². The Morgan fingerprint density at radius 2 is 1.86 bits per heavy atom. The summed E-state index contributed by atoms with van der Waals surface area (Å²) in [4.78, 5) is 27.0. The Morgan fingerprint density at radius 1 is 1.11 bits per heavy atom. The van der Waals surface area contributed by atoms with Gasteiger partial charge < -0.3 is 15.2 Å². The monoisotopic (exact) mass is 390 g/mol. The Morgan fingerprint density at radius 3 is 2.57 bits per heavy atom. The van der Waals surface area contributed by atoms with Crippen LogP contribution in [0.25, 0.3) is 11.0 Å². The van der Waals surface area contributed by atoms with Crippen molar-refractivity contribution in [1.29, 1.82) is 0 Å². The number of imidazole rings is 1. The fraction of sp³-hybridized carbons (Fsp3) is 0.211. The van der Waals surface area contributed by atoms with Gasteiger partial charge in [-0.2, -0.15) is 13.2 Å². The second-order valence-electron chi connectivity index (χ2n) is 6.17. The Bertz CT molecular complexity index is 1030. The number of aromatic nitrogens is 2. The predicted molar refractivity (Wildman–Crippen MR) is 97.3 cm³/mol. The lowest BCUT2D eigenvalue weighted by Crippen LogP contribution is -2.29. The summed E-state index contributed by atoms with van der Waals surface area (Å²) in [5.74, 6) is -1.93. The van der Waals surface area contributed by atoms with Crippen LogP contribution in [0.3, 0.4) is 0 Å². The van der Waals surface area contributed by atoms with Gasteiger partial charge in [0, 0.05) is 19.2 Å². The zero-order valence-corrected chi connectivity index (χ0v) is 14.9. The van der Waals surface area contributed by atoms with Crippen LogP contribution in [-0.4, -0.2) is 21.4 Å². The number of carbonyl (C=O) groups is 2. The van der Waals surface area contributed by atoms with Gasteiger partial charge in [-0.3, -0.25) is 9.59 Å². The van der Waals surface area contributed by atoms with Crippen molar-refractivity contribution in [2.45, 2.75) is 26.2 Å². The van der Waals surface area contributed by atoms with E-state index < -0.39 is 24.5 Å². The van der Waals surface area contributed by atoms with E-state index in [-0.39, 0.29) is 23.5 Å². The molecule has 0 saturated carbocycles. The molecule has 0 unspecified atom stereocenters. The number of hydrogen-bond donors (Lipinski definition) is 2. The van der Waals surface area contributed by atoms with Gasteiger partial charge in [0.25, 0.3) is 0 Å². The van der Waals surface area contributed by atoms with Gasteiger partial charge in [-0.05, 0) is 29.8 Å². The smallest absolute Gasteiger partial charge is 0.350 e. The van der Waals surface area contributed by atoms with Crippen molar-refractivity contribution in [1.82, 2.24) is 14.9 Å². The first-order chi connectivity index (χ1) is 13.2. The Labute approximate surface area is 158 Å². The van der Waals surface area contributed by atoms with Gasteiger partial charge in [0.05, 0.1) is 11.0 Å².